The Hall–Kier alpha value is 0.190. The monoisotopic (exact) mass is 300 g/mol. The van der Waals surface area contributed by atoms with E-state index in [1.165, 1.54) is 25.7 Å². The quantitative estimate of drug-likeness (QED) is 0.249. The van der Waals surface area contributed by atoms with Gasteiger partial charge in [0.1, 0.15) is 0 Å². The van der Waals surface area contributed by atoms with Crippen molar-refractivity contribution in [2.45, 2.75) is 51.4 Å². The summed E-state index contributed by atoms with van der Waals surface area (Å²) in [6.07, 6.45) is 8.97. The zero-order valence-electron chi connectivity index (χ0n) is 11.5. The molecule has 0 fully saturated rings. The predicted molar refractivity (Wildman–Crippen MR) is 75.3 cm³/mol. The van der Waals surface area contributed by atoms with Crippen LogP contribution in [-0.4, -0.2) is 49.8 Å². The Morgan fingerprint density at radius 3 is 1.37 bits per heavy atom. The zero-order chi connectivity index (χ0) is 14.9. The Labute approximate surface area is 116 Å². The topological polar surface area (TPSA) is 121 Å². The lowest BCUT2D eigenvalue weighted by Crippen LogP contribution is -2.10. The van der Waals surface area contributed by atoms with E-state index in [0.717, 1.165) is 25.7 Å². The van der Waals surface area contributed by atoms with Crippen LogP contribution < -0.4 is 0 Å². The van der Waals surface area contributed by atoms with Crippen LogP contribution in [-0.2, 0) is 0 Å². The minimum Gasteiger partial charge on any atom is -0.396 e. The molecule has 6 N–H and O–H groups in total. The molecular weight excluding hydrogens is 271 g/mol. The summed E-state index contributed by atoms with van der Waals surface area (Å²) in [7, 11) is -2.62. The first-order valence-corrected chi connectivity index (χ1v) is 7.97. The molecular formula is C12H29O6P. The Morgan fingerprint density at radius 2 is 1.00 bits per heavy atom. The van der Waals surface area contributed by atoms with Crippen LogP contribution >= 0.6 is 8.60 Å². The molecule has 0 aliphatic carbocycles. The second-order valence-corrected chi connectivity index (χ2v) is 5.02. The second kappa shape index (κ2) is 18.2. The van der Waals surface area contributed by atoms with Gasteiger partial charge in [-0.1, -0.05) is 38.5 Å². The van der Waals surface area contributed by atoms with E-state index in [0.29, 0.717) is 6.61 Å². The summed E-state index contributed by atoms with van der Waals surface area (Å²) in [6.45, 7) is 0.523. The van der Waals surface area contributed by atoms with E-state index in [4.69, 9.17) is 30.0 Å². The molecule has 0 aromatic rings. The molecule has 0 aromatic carbocycles. The van der Waals surface area contributed by atoms with Crippen LogP contribution in [0.4, 0.5) is 0 Å². The molecule has 0 saturated heterocycles. The third-order valence-electron chi connectivity index (χ3n) is 2.79. The van der Waals surface area contributed by atoms with Crippen molar-refractivity contribution in [1.82, 2.24) is 0 Å². The number of aliphatic hydroxyl groups excluding tert-OH is 3. The van der Waals surface area contributed by atoms with Crippen molar-refractivity contribution >= 4 is 8.60 Å². The van der Waals surface area contributed by atoms with Crippen molar-refractivity contribution in [2.75, 3.05) is 19.8 Å². The maximum absolute atomic E-state index is 8.84. The average Bonchev–Trinajstić information content (AvgIpc) is 2.36. The molecule has 0 rings (SSSR count). The lowest BCUT2D eigenvalue weighted by molar-refractivity contribution is 0.141. The van der Waals surface area contributed by atoms with Crippen molar-refractivity contribution < 1.29 is 30.0 Å². The maximum Gasteiger partial charge on any atom is 0.324 e. The number of unbranched alkanes of at least 4 members (excludes halogenated alkanes) is 6. The third-order valence-corrected chi connectivity index (χ3v) is 2.79. The fourth-order valence-electron chi connectivity index (χ4n) is 1.67. The highest BCUT2D eigenvalue weighted by atomic mass is 31.2. The molecule has 0 bridgehead atoms. The van der Waals surface area contributed by atoms with E-state index in [9.17, 15) is 0 Å². The average molecular weight is 300 g/mol. The maximum atomic E-state index is 8.84. The van der Waals surface area contributed by atoms with Gasteiger partial charge >= 0.3 is 8.60 Å². The molecule has 0 heterocycles. The third kappa shape index (κ3) is 23.7. The lowest BCUT2D eigenvalue weighted by Gasteiger charge is -2.09. The molecule has 19 heavy (non-hydrogen) atoms. The van der Waals surface area contributed by atoms with Gasteiger partial charge in [-0.25, -0.2) is 0 Å². The molecule has 6 nitrogen and oxygen atoms in total. The molecule has 0 spiro atoms. The summed E-state index contributed by atoms with van der Waals surface area (Å²) < 4.78 is 0. The van der Waals surface area contributed by atoms with Crippen LogP contribution in [0.15, 0.2) is 0 Å². The zero-order valence-corrected chi connectivity index (χ0v) is 12.4. The van der Waals surface area contributed by atoms with Crippen molar-refractivity contribution in [1.29, 1.82) is 0 Å². The first-order valence-electron chi connectivity index (χ1n) is 6.77. The number of aliphatic hydroxyl groups is 3. The predicted octanol–water partition coefficient (Wildman–Crippen LogP) is 0.890. The Bertz CT molecular complexity index is 152. The molecule has 0 aliphatic rings. The van der Waals surface area contributed by atoms with Crippen molar-refractivity contribution in [3.8, 4) is 0 Å². The van der Waals surface area contributed by atoms with Crippen LogP contribution in [0.1, 0.15) is 51.4 Å². The van der Waals surface area contributed by atoms with Crippen molar-refractivity contribution in [3.05, 3.63) is 0 Å². The van der Waals surface area contributed by atoms with Gasteiger partial charge in [0.15, 0.2) is 0 Å². The summed E-state index contributed by atoms with van der Waals surface area (Å²) in [5.41, 5.74) is 0. The van der Waals surface area contributed by atoms with Gasteiger partial charge in [-0.15, -0.1) is 0 Å². The Kier molecular flexibility index (Phi) is 20.6. The van der Waals surface area contributed by atoms with Crippen LogP contribution in [0, 0.1) is 5.92 Å². The van der Waals surface area contributed by atoms with Gasteiger partial charge in [-0.05, 0) is 12.8 Å². The highest BCUT2D eigenvalue weighted by Gasteiger charge is 2.04. The molecule has 0 atom stereocenters. The van der Waals surface area contributed by atoms with Crippen molar-refractivity contribution in [2.24, 2.45) is 5.92 Å². The minimum absolute atomic E-state index is 0.0828. The number of rotatable bonds is 11. The SMILES string of the molecule is OCCCCCCCCCC(CO)CO.OP(O)O. The summed E-state index contributed by atoms with van der Waals surface area (Å²) in [4.78, 5) is 21.7. The van der Waals surface area contributed by atoms with Gasteiger partial charge in [0.2, 0.25) is 0 Å². The lowest BCUT2D eigenvalue weighted by atomic mass is 10.0. The highest BCUT2D eigenvalue weighted by Crippen LogP contribution is 2.12. The fraction of sp³-hybridized carbons (Fsp3) is 1.00. The Balaban J connectivity index is 0. The van der Waals surface area contributed by atoms with Gasteiger partial charge in [0, 0.05) is 25.7 Å². The van der Waals surface area contributed by atoms with E-state index >= 15 is 0 Å². The van der Waals surface area contributed by atoms with Crippen molar-refractivity contribution in [3.63, 3.8) is 0 Å². The molecule has 7 heteroatoms. The van der Waals surface area contributed by atoms with Crippen LogP contribution in [0.3, 0.4) is 0 Å². The number of hydrogen-bond acceptors (Lipinski definition) is 6. The molecule has 0 aromatic heterocycles. The molecule has 118 valence electrons. The van der Waals surface area contributed by atoms with Crippen LogP contribution in [0.5, 0.6) is 0 Å². The summed E-state index contributed by atoms with van der Waals surface area (Å²) in [6, 6.07) is 0. The largest absolute Gasteiger partial charge is 0.396 e. The van der Waals surface area contributed by atoms with Gasteiger partial charge in [0.25, 0.3) is 0 Å². The van der Waals surface area contributed by atoms with E-state index in [1.807, 2.05) is 0 Å². The first-order chi connectivity index (χ1) is 9.08. The normalized spacial score (nSPS) is 10.7. The van der Waals surface area contributed by atoms with Crippen LogP contribution in [0.25, 0.3) is 0 Å². The van der Waals surface area contributed by atoms with E-state index in [-0.39, 0.29) is 19.1 Å². The first kappa shape index (κ1) is 21.5. The second-order valence-electron chi connectivity index (χ2n) is 4.49. The van der Waals surface area contributed by atoms with E-state index in [2.05, 4.69) is 0 Å². The smallest absolute Gasteiger partial charge is 0.324 e. The summed E-state index contributed by atoms with van der Waals surface area (Å²) in [5.74, 6) is 0.0828. The van der Waals surface area contributed by atoms with Gasteiger partial charge < -0.3 is 30.0 Å². The Morgan fingerprint density at radius 1 is 0.632 bits per heavy atom. The minimum atomic E-state index is -2.62. The van der Waals surface area contributed by atoms with Gasteiger partial charge in [-0.3, -0.25) is 0 Å². The number of hydrogen-bond donors (Lipinski definition) is 6. The van der Waals surface area contributed by atoms with Gasteiger partial charge in [0.05, 0.1) is 0 Å². The highest BCUT2D eigenvalue weighted by molar-refractivity contribution is 7.38. The summed E-state index contributed by atoms with van der Waals surface area (Å²) >= 11 is 0. The molecule has 0 saturated carbocycles. The molecule has 0 amide bonds. The van der Waals surface area contributed by atoms with E-state index < -0.39 is 8.60 Å². The van der Waals surface area contributed by atoms with Crippen LogP contribution in [0.2, 0.25) is 0 Å². The van der Waals surface area contributed by atoms with E-state index in [1.54, 1.807) is 0 Å². The summed E-state index contributed by atoms with van der Waals surface area (Å²) in [5, 5.41) is 26.3. The molecule has 0 unspecified atom stereocenters. The standard InChI is InChI=1S/C12H26O3.H3O3P/c13-9-7-5-3-1-2-4-6-8-12(10-14)11-15;1-4(2)3/h12-15H,1-11H2;1-3H. The molecule has 0 aliphatic heterocycles. The molecule has 0 radical (unpaired) electrons. The fourth-order valence-corrected chi connectivity index (χ4v) is 1.67. The van der Waals surface area contributed by atoms with Gasteiger partial charge in [-0.2, -0.15) is 0 Å².